The summed E-state index contributed by atoms with van der Waals surface area (Å²) in [6.45, 7) is -4.96. The van der Waals surface area contributed by atoms with Gasteiger partial charge in [-0.05, 0) is 50.0 Å². The molecule has 0 bridgehead atoms. The van der Waals surface area contributed by atoms with Gasteiger partial charge in [0.05, 0.1) is 12.9 Å². The van der Waals surface area contributed by atoms with Crippen LogP contribution < -0.4 is 5.32 Å². The number of hydrogen-bond acceptors (Lipinski definition) is 3. The highest BCUT2D eigenvalue weighted by molar-refractivity contribution is 5.84. The second-order valence-electron chi connectivity index (χ2n) is 4.71. The molecular formula is C16H21N3O2. The number of amides is 1. The van der Waals surface area contributed by atoms with Crippen LogP contribution in [0.25, 0.3) is 10.9 Å². The fourth-order valence-corrected chi connectivity index (χ4v) is 2.04. The van der Waals surface area contributed by atoms with E-state index in [-0.39, 0.29) is 23.9 Å². The van der Waals surface area contributed by atoms with Gasteiger partial charge in [0.15, 0.2) is 0 Å². The van der Waals surface area contributed by atoms with E-state index in [1.54, 1.807) is 0 Å². The highest BCUT2D eigenvalue weighted by Gasteiger charge is 2.22. The molecule has 1 fully saturated rings. The van der Waals surface area contributed by atoms with Crippen molar-refractivity contribution < 1.29 is 23.2 Å². The lowest BCUT2D eigenvalue weighted by molar-refractivity contribution is 0.177. The van der Waals surface area contributed by atoms with Gasteiger partial charge < -0.3 is 19.9 Å². The maximum atomic E-state index is 11.5. The summed E-state index contributed by atoms with van der Waals surface area (Å²) >= 11 is 0. The van der Waals surface area contributed by atoms with Crippen LogP contribution >= 0.6 is 0 Å². The fraction of sp³-hybridized carbons (Fsp3) is 0.438. The van der Waals surface area contributed by atoms with E-state index in [9.17, 15) is 4.79 Å². The number of rotatable bonds is 5. The number of carbonyl (C=O) groups excluding carboxylic acids is 1. The number of benzene rings is 1. The monoisotopic (exact) mass is 297 g/mol. The molecule has 3 rings (SSSR count). The Hall–Kier alpha value is -2.01. The molecule has 2 aromatic rings. The second-order valence-corrected chi connectivity index (χ2v) is 4.71. The summed E-state index contributed by atoms with van der Waals surface area (Å²) in [7, 11) is 1.41. The summed E-state index contributed by atoms with van der Waals surface area (Å²) in [6, 6.07) is -3.30. The third kappa shape index (κ3) is 3.19. The van der Waals surface area contributed by atoms with Gasteiger partial charge in [0.2, 0.25) is 0 Å². The van der Waals surface area contributed by atoms with Gasteiger partial charge in [0.25, 0.3) is 0 Å². The molecule has 5 heteroatoms. The van der Waals surface area contributed by atoms with Crippen molar-refractivity contribution in [3.05, 3.63) is 35.5 Å². The van der Waals surface area contributed by atoms with Gasteiger partial charge in [-0.25, -0.2) is 4.79 Å². The largest absolute Gasteiger partial charge is 0.447 e. The van der Waals surface area contributed by atoms with Crippen LogP contribution in [0.5, 0.6) is 0 Å². The number of carbonyl (C=O) groups is 1. The summed E-state index contributed by atoms with van der Waals surface area (Å²) in [6.07, 6.45) is -2.27. The number of cyclic esters (lactones) is 1. The van der Waals surface area contributed by atoms with Crippen LogP contribution in [0.3, 0.4) is 0 Å². The Morgan fingerprint density at radius 3 is 3.33 bits per heavy atom. The average molecular weight is 297 g/mol. The molecule has 1 atom stereocenters. The van der Waals surface area contributed by atoms with Crippen LogP contribution in [-0.2, 0) is 17.5 Å². The first-order chi connectivity index (χ1) is 14.1. The SMILES string of the molecule is [2H]c1c(C([2H])([2H])[C@@H]2NC(=O)OC2([2H])[2H])c([2H])c2c(CCN(C)C([2H])([2H])[2H])c[nH]c2c1[2H]. The van der Waals surface area contributed by atoms with Crippen LogP contribution in [0.2, 0.25) is 0 Å². The van der Waals surface area contributed by atoms with Gasteiger partial charge in [-0.3, -0.25) is 0 Å². The molecule has 1 aliphatic rings. The lowest BCUT2D eigenvalue weighted by atomic mass is 10.0. The summed E-state index contributed by atoms with van der Waals surface area (Å²) < 4.78 is 84.4. The van der Waals surface area contributed by atoms with Crippen molar-refractivity contribution in [3.63, 3.8) is 0 Å². The lowest BCUT2D eigenvalue weighted by Crippen LogP contribution is -2.28. The highest BCUT2D eigenvalue weighted by Crippen LogP contribution is 2.21. The summed E-state index contributed by atoms with van der Waals surface area (Å²) in [5, 5.41) is 2.20. The maximum Gasteiger partial charge on any atom is 0.407 e. The van der Waals surface area contributed by atoms with Crippen LogP contribution in [0.1, 0.15) is 24.8 Å². The molecule has 0 saturated carbocycles. The Bertz CT molecular complexity index is 1030. The molecule has 1 aromatic carbocycles. The van der Waals surface area contributed by atoms with Gasteiger partial charge in [-0.1, -0.05) is 6.04 Å². The van der Waals surface area contributed by atoms with Crippen molar-refractivity contribution in [2.45, 2.75) is 18.8 Å². The quantitative estimate of drug-likeness (QED) is 0.886. The van der Waals surface area contributed by atoms with E-state index in [1.807, 2.05) is 0 Å². The Morgan fingerprint density at radius 2 is 2.57 bits per heavy atom. The second kappa shape index (κ2) is 5.77. The standard InChI is InChI=1S/C16H21N3O2/c1-19(2)6-5-12-9-17-15-4-3-11(8-14(12)15)7-13-10-21-16(20)18-13/h3-4,8-9,13,17H,5-7,10H2,1-2H3,(H,18,20)/t13-/m0/s1/i1D3,3D,4D,7D2,8D,10D2. The molecule has 1 amide bonds. The van der Waals surface area contributed by atoms with E-state index in [0.717, 1.165) is 4.90 Å². The molecule has 2 N–H and O–H groups in total. The van der Waals surface area contributed by atoms with E-state index in [2.05, 4.69) is 15.0 Å². The smallest absolute Gasteiger partial charge is 0.407 e. The van der Waals surface area contributed by atoms with E-state index in [4.69, 9.17) is 13.7 Å². The van der Waals surface area contributed by atoms with Crippen molar-refractivity contribution >= 4 is 17.0 Å². The van der Waals surface area contributed by atoms with E-state index >= 15 is 0 Å². The number of aromatic nitrogens is 1. The van der Waals surface area contributed by atoms with E-state index in [1.165, 1.54) is 13.2 Å². The Balaban J connectivity index is 2.12. The number of aromatic amines is 1. The highest BCUT2D eigenvalue weighted by atomic mass is 16.6. The number of alkyl carbamates (subject to hydrolysis) is 1. The average Bonchev–Trinajstić information content (AvgIpc) is 3.17. The zero-order valence-corrected chi connectivity index (χ0v) is 11.3. The summed E-state index contributed by atoms with van der Waals surface area (Å²) in [5.41, 5.74) is 0.0156. The zero-order valence-electron chi connectivity index (χ0n) is 21.3. The van der Waals surface area contributed by atoms with Gasteiger partial charge in [-0.15, -0.1) is 0 Å². The topological polar surface area (TPSA) is 57.4 Å². The van der Waals surface area contributed by atoms with Gasteiger partial charge in [0, 0.05) is 30.5 Å². The molecular weight excluding hydrogens is 266 g/mol. The van der Waals surface area contributed by atoms with Crippen molar-refractivity contribution in [2.75, 3.05) is 27.1 Å². The fourth-order valence-electron chi connectivity index (χ4n) is 2.04. The number of likely N-dealkylation sites (N-methyl/N-ethyl adjacent to an activating group) is 1. The van der Waals surface area contributed by atoms with Gasteiger partial charge in [-0.2, -0.15) is 0 Å². The number of nitrogens with one attached hydrogen (secondary N) is 2. The number of H-pyrrole nitrogens is 1. The Morgan fingerprint density at radius 1 is 1.67 bits per heavy atom. The third-order valence-corrected chi connectivity index (χ3v) is 3.06. The van der Waals surface area contributed by atoms with Crippen molar-refractivity contribution in [1.29, 1.82) is 0 Å². The first-order valence-electron chi connectivity index (χ1n) is 11.4. The molecule has 1 saturated heterocycles. The zero-order chi connectivity index (χ0) is 23.5. The third-order valence-electron chi connectivity index (χ3n) is 3.06. The summed E-state index contributed by atoms with van der Waals surface area (Å²) in [4.78, 5) is 15.4. The molecule has 0 spiro atoms. The summed E-state index contributed by atoms with van der Waals surface area (Å²) in [5.74, 6) is 0. The number of nitrogens with zero attached hydrogens (tertiary/aromatic N) is 1. The Kier molecular flexibility index (Phi) is 1.76. The first kappa shape index (κ1) is 6.40. The maximum absolute atomic E-state index is 11.5. The van der Waals surface area contributed by atoms with Crippen LogP contribution in [0, 0.1) is 0 Å². The predicted octanol–water partition coefficient (Wildman–Crippen LogP) is 1.92. The number of hydrogen-bond donors (Lipinski definition) is 2. The van der Waals surface area contributed by atoms with E-state index in [0.29, 0.717) is 5.56 Å². The van der Waals surface area contributed by atoms with Crippen LogP contribution in [-0.4, -0.2) is 49.1 Å². The molecule has 2 heterocycles. The molecule has 21 heavy (non-hydrogen) atoms. The Labute approximate surface area is 138 Å². The van der Waals surface area contributed by atoms with Crippen LogP contribution in [0.15, 0.2) is 24.3 Å². The molecule has 112 valence electrons. The normalized spacial score (nSPS) is 28.9. The molecule has 5 nitrogen and oxygen atoms in total. The molecule has 0 radical (unpaired) electrons. The van der Waals surface area contributed by atoms with Crippen molar-refractivity contribution in [3.8, 4) is 0 Å². The molecule has 1 aromatic heterocycles. The van der Waals surface area contributed by atoms with Gasteiger partial charge in [0.1, 0.15) is 6.56 Å². The van der Waals surface area contributed by atoms with Crippen LogP contribution in [0.4, 0.5) is 4.79 Å². The first-order valence-corrected chi connectivity index (χ1v) is 6.40. The minimum atomic E-state index is -2.75. The minimum Gasteiger partial charge on any atom is -0.447 e. The van der Waals surface area contributed by atoms with Crippen molar-refractivity contribution in [1.82, 2.24) is 15.2 Å². The number of ether oxygens (including phenoxy) is 1. The molecule has 1 aliphatic heterocycles. The molecule has 0 aliphatic carbocycles. The van der Waals surface area contributed by atoms with E-state index < -0.39 is 55.7 Å². The predicted molar refractivity (Wildman–Crippen MR) is 82.5 cm³/mol. The minimum absolute atomic E-state index is 0.0934. The molecule has 0 unspecified atom stereocenters. The number of fused-ring (bicyclic) bond motifs is 1. The lowest BCUT2D eigenvalue weighted by Gasteiger charge is -2.09. The van der Waals surface area contributed by atoms with Crippen molar-refractivity contribution in [2.24, 2.45) is 0 Å². The van der Waals surface area contributed by atoms with Gasteiger partial charge >= 0.3 is 6.09 Å².